The highest BCUT2D eigenvalue weighted by Crippen LogP contribution is 2.43. The molecule has 0 radical (unpaired) electrons. The molecule has 1 N–H and O–H groups in total. The standard InChI is InChI=1S/C25H33BrN4O4/c1-15(2)10-11-33-23-19(26)12-17(13-20(23)32-4)22-21(16(3)29-25-27-14-28-30(22)25)24(31)34-18-8-6-5-7-9-18/h12-15,18,22H,5-11H2,1-4H3,(H,27,28,29). The van der Waals surface area contributed by atoms with Crippen molar-refractivity contribution >= 4 is 27.8 Å². The summed E-state index contributed by atoms with van der Waals surface area (Å²) in [5.41, 5.74) is 2.05. The minimum Gasteiger partial charge on any atom is -0.493 e. The lowest BCUT2D eigenvalue weighted by atomic mass is 9.94. The van der Waals surface area contributed by atoms with Crippen molar-refractivity contribution in [3.05, 3.63) is 39.8 Å². The topological polar surface area (TPSA) is 87.5 Å². The Balaban J connectivity index is 1.69. The highest BCUT2D eigenvalue weighted by Gasteiger charge is 2.36. The van der Waals surface area contributed by atoms with Crippen molar-refractivity contribution in [2.24, 2.45) is 5.92 Å². The molecule has 0 amide bonds. The summed E-state index contributed by atoms with van der Waals surface area (Å²) in [5.74, 6) is 2.02. The van der Waals surface area contributed by atoms with Crippen LogP contribution in [0.5, 0.6) is 11.5 Å². The number of halogens is 1. The van der Waals surface area contributed by atoms with E-state index in [9.17, 15) is 4.79 Å². The number of carbonyl (C=O) groups is 1. The Labute approximate surface area is 209 Å². The van der Waals surface area contributed by atoms with Gasteiger partial charge in [0.2, 0.25) is 5.95 Å². The number of nitrogens with zero attached hydrogens (tertiary/aromatic N) is 3. The summed E-state index contributed by atoms with van der Waals surface area (Å²) >= 11 is 3.66. The molecule has 1 aromatic heterocycles. The van der Waals surface area contributed by atoms with E-state index in [1.807, 2.05) is 19.1 Å². The molecule has 2 aromatic rings. The number of fused-ring (bicyclic) bond motifs is 1. The van der Waals surface area contributed by atoms with Crippen LogP contribution in [0.3, 0.4) is 0 Å². The second kappa shape index (κ2) is 10.8. The average Bonchev–Trinajstić information content (AvgIpc) is 3.27. The van der Waals surface area contributed by atoms with Crippen LogP contribution in [0.15, 0.2) is 34.2 Å². The first-order valence-corrected chi connectivity index (χ1v) is 12.8. The highest BCUT2D eigenvalue weighted by molar-refractivity contribution is 9.10. The number of rotatable bonds is 8. The van der Waals surface area contributed by atoms with Crippen molar-refractivity contribution in [1.82, 2.24) is 14.8 Å². The summed E-state index contributed by atoms with van der Waals surface area (Å²) in [6.07, 6.45) is 7.57. The molecule has 0 bridgehead atoms. The molecule has 1 aliphatic heterocycles. The van der Waals surface area contributed by atoms with Gasteiger partial charge >= 0.3 is 5.97 Å². The number of ether oxygens (including phenoxy) is 3. The summed E-state index contributed by atoms with van der Waals surface area (Å²) in [6, 6.07) is 3.35. The Morgan fingerprint density at radius 1 is 1.26 bits per heavy atom. The Hall–Kier alpha value is -2.55. The SMILES string of the molecule is COc1cc(C2C(C(=O)OC3CCCCC3)=C(C)Nc3ncnn32)cc(Br)c1OCCC(C)C. The lowest BCUT2D eigenvalue weighted by Crippen LogP contribution is -2.32. The van der Waals surface area contributed by atoms with Gasteiger partial charge in [0.05, 0.1) is 23.8 Å². The van der Waals surface area contributed by atoms with E-state index in [2.05, 4.69) is 45.2 Å². The molecular formula is C25H33BrN4O4. The zero-order valence-electron chi connectivity index (χ0n) is 20.3. The van der Waals surface area contributed by atoms with Gasteiger partial charge in [0.25, 0.3) is 0 Å². The van der Waals surface area contributed by atoms with Crippen molar-refractivity contribution in [3.8, 4) is 11.5 Å². The van der Waals surface area contributed by atoms with Crippen LogP contribution in [0, 0.1) is 5.92 Å². The summed E-state index contributed by atoms with van der Waals surface area (Å²) in [7, 11) is 1.61. The normalized spacial score (nSPS) is 18.5. The van der Waals surface area contributed by atoms with Gasteiger partial charge < -0.3 is 19.5 Å². The van der Waals surface area contributed by atoms with E-state index < -0.39 is 6.04 Å². The van der Waals surface area contributed by atoms with Gasteiger partial charge in [0, 0.05) is 5.70 Å². The van der Waals surface area contributed by atoms with Gasteiger partial charge in [-0.2, -0.15) is 10.1 Å². The van der Waals surface area contributed by atoms with E-state index >= 15 is 0 Å². The minimum absolute atomic E-state index is 0.0441. The number of hydrogen-bond donors (Lipinski definition) is 1. The van der Waals surface area contributed by atoms with Gasteiger partial charge in [0.15, 0.2) is 11.5 Å². The largest absolute Gasteiger partial charge is 0.493 e. The third-order valence-electron chi connectivity index (χ3n) is 6.35. The van der Waals surface area contributed by atoms with Crippen LogP contribution >= 0.6 is 15.9 Å². The number of methoxy groups -OCH3 is 1. The third kappa shape index (κ3) is 5.24. The van der Waals surface area contributed by atoms with Crippen molar-refractivity contribution in [2.75, 3.05) is 19.0 Å². The fourth-order valence-electron chi connectivity index (χ4n) is 4.50. The number of nitrogens with one attached hydrogen (secondary N) is 1. The third-order valence-corrected chi connectivity index (χ3v) is 6.94. The summed E-state index contributed by atoms with van der Waals surface area (Å²) in [5, 5.41) is 7.62. The number of allylic oxidation sites excluding steroid dienone is 1. The van der Waals surface area contributed by atoms with Crippen LogP contribution in [-0.4, -0.2) is 40.6 Å². The van der Waals surface area contributed by atoms with Gasteiger partial charge in [-0.3, -0.25) is 0 Å². The Bertz CT molecular complexity index is 1060. The molecule has 34 heavy (non-hydrogen) atoms. The van der Waals surface area contributed by atoms with Crippen LogP contribution in [0.25, 0.3) is 0 Å². The molecule has 0 spiro atoms. The summed E-state index contributed by atoms with van der Waals surface area (Å²) < 4.78 is 20.2. The number of hydrogen-bond acceptors (Lipinski definition) is 7. The first-order chi connectivity index (χ1) is 16.4. The molecule has 2 aliphatic rings. The molecule has 4 rings (SSSR count). The predicted molar refractivity (Wildman–Crippen MR) is 133 cm³/mol. The zero-order chi connectivity index (χ0) is 24.2. The first kappa shape index (κ1) is 24.6. The predicted octanol–water partition coefficient (Wildman–Crippen LogP) is 5.64. The molecule has 1 fully saturated rings. The van der Waals surface area contributed by atoms with Crippen LogP contribution in [0.2, 0.25) is 0 Å². The Morgan fingerprint density at radius 3 is 2.74 bits per heavy atom. The second-order valence-electron chi connectivity index (χ2n) is 9.32. The molecule has 1 aromatic carbocycles. The molecule has 8 nitrogen and oxygen atoms in total. The highest BCUT2D eigenvalue weighted by atomic mass is 79.9. The van der Waals surface area contributed by atoms with E-state index in [-0.39, 0.29) is 12.1 Å². The monoisotopic (exact) mass is 532 g/mol. The second-order valence-corrected chi connectivity index (χ2v) is 10.2. The van der Waals surface area contributed by atoms with Gasteiger partial charge in [-0.05, 0) is 78.6 Å². The van der Waals surface area contributed by atoms with Crippen LogP contribution < -0.4 is 14.8 Å². The fraction of sp³-hybridized carbons (Fsp3) is 0.560. The number of carbonyl (C=O) groups excluding carboxylic acids is 1. The maximum absolute atomic E-state index is 13.5. The quantitative estimate of drug-likeness (QED) is 0.440. The van der Waals surface area contributed by atoms with Crippen LogP contribution in [0.1, 0.15) is 70.9 Å². The Kier molecular flexibility index (Phi) is 7.80. The lowest BCUT2D eigenvalue weighted by Gasteiger charge is -2.30. The number of aromatic nitrogens is 3. The molecule has 1 atom stereocenters. The van der Waals surface area contributed by atoms with E-state index in [0.29, 0.717) is 41.2 Å². The maximum Gasteiger partial charge on any atom is 0.338 e. The average molecular weight is 533 g/mol. The van der Waals surface area contributed by atoms with Crippen molar-refractivity contribution in [2.45, 2.75) is 71.4 Å². The first-order valence-electron chi connectivity index (χ1n) is 12.0. The van der Waals surface area contributed by atoms with Crippen molar-refractivity contribution < 1.29 is 19.0 Å². The maximum atomic E-state index is 13.5. The molecule has 9 heteroatoms. The van der Waals surface area contributed by atoms with Crippen molar-refractivity contribution in [3.63, 3.8) is 0 Å². The molecule has 1 saturated carbocycles. The number of anilines is 1. The van der Waals surface area contributed by atoms with E-state index in [4.69, 9.17) is 14.2 Å². The molecule has 2 heterocycles. The molecule has 184 valence electrons. The van der Waals surface area contributed by atoms with Gasteiger partial charge in [-0.1, -0.05) is 20.3 Å². The van der Waals surface area contributed by atoms with Crippen molar-refractivity contribution in [1.29, 1.82) is 0 Å². The van der Waals surface area contributed by atoms with Gasteiger partial charge in [0.1, 0.15) is 18.5 Å². The summed E-state index contributed by atoms with van der Waals surface area (Å²) in [6.45, 7) is 6.78. The van der Waals surface area contributed by atoms with E-state index in [1.54, 1.807) is 11.8 Å². The Morgan fingerprint density at radius 2 is 2.03 bits per heavy atom. The lowest BCUT2D eigenvalue weighted by molar-refractivity contribution is -0.146. The molecular weight excluding hydrogens is 500 g/mol. The smallest absolute Gasteiger partial charge is 0.338 e. The van der Waals surface area contributed by atoms with Crippen LogP contribution in [-0.2, 0) is 9.53 Å². The number of benzene rings is 1. The molecule has 1 aliphatic carbocycles. The minimum atomic E-state index is -0.509. The van der Waals surface area contributed by atoms with E-state index in [0.717, 1.165) is 42.1 Å². The zero-order valence-corrected chi connectivity index (χ0v) is 21.9. The summed E-state index contributed by atoms with van der Waals surface area (Å²) in [4.78, 5) is 17.8. The van der Waals surface area contributed by atoms with Crippen LogP contribution in [0.4, 0.5) is 5.95 Å². The fourth-order valence-corrected chi connectivity index (χ4v) is 5.07. The van der Waals surface area contributed by atoms with Gasteiger partial charge in [-0.25, -0.2) is 9.48 Å². The van der Waals surface area contributed by atoms with Gasteiger partial charge in [-0.15, -0.1) is 0 Å². The molecule has 0 saturated heterocycles. The van der Waals surface area contributed by atoms with E-state index in [1.165, 1.54) is 12.7 Å². The number of esters is 1. The molecule has 1 unspecified atom stereocenters.